The van der Waals surface area contributed by atoms with Crippen molar-refractivity contribution in [1.29, 1.82) is 0 Å². The van der Waals surface area contributed by atoms with Gasteiger partial charge in [-0.05, 0) is 81.1 Å². The molecule has 0 aromatic heterocycles. The van der Waals surface area contributed by atoms with Crippen molar-refractivity contribution < 1.29 is 114 Å². The van der Waals surface area contributed by atoms with Crippen LogP contribution < -0.4 is 0 Å². The van der Waals surface area contributed by atoms with Crippen LogP contribution in [0.3, 0.4) is 0 Å². The molecule has 0 aromatic rings. The Balaban J connectivity index is -0.000000135. The molecule has 0 aromatic carbocycles. The second kappa shape index (κ2) is 72.5. The summed E-state index contributed by atoms with van der Waals surface area (Å²) in [6, 6.07) is 0. The lowest BCUT2D eigenvalue weighted by Gasteiger charge is -2.21. The van der Waals surface area contributed by atoms with Gasteiger partial charge < -0.3 is 66.3 Å². The minimum atomic E-state index is -0.352. The molecule has 0 radical (unpaired) electrons. The summed E-state index contributed by atoms with van der Waals surface area (Å²) in [5, 5.41) is 0. The van der Waals surface area contributed by atoms with Gasteiger partial charge in [-0.15, -0.1) is 0 Å². The summed E-state index contributed by atoms with van der Waals surface area (Å²) in [5.74, 6) is 1.29. The Labute approximate surface area is 710 Å². The standard InChI is InChI=1S/C11H22O3.C11H22O2.2C10H20O3.2C10H20O2.C9H18O3.C9H18O2.2C6H12O2/c1-9(8-14-7-6-13-5)10(12)11(2,3)4;1-6-7-13-8-9(2)10(12)11(3,4)5;1-8(13-7-6-12-5)9(11)10(2,3)4;1-10(2,3)9(11)5-6-13-8-7-12-4;1-6-7-12-8(2)9(11)10(3,4)5;1-5-7-12-8-6-9(11)10(2,3)4;1-9(2,3)8(10)7-12-6-5-11-4;1-5-6-11-7-8(10)9(2,3)4;2*1-6(2,3)5(7)8-4/h9H,6-8H2,1-5H3;9H,6-8H2,1-5H3;8H,6-7H2,1-5H3;5-8H2,1-4H3;8H,6-7H2,1-5H3;5-8H2,1-4H3;5-7H2,1-4H3;5-7H2,1-4H3;2*1-4H3. The number of hydrogen-bond acceptors (Lipinski definition) is 24. The number of Topliss-reactive ketones (excluding diaryl/α,β-unsaturated/α-hetero) is 8. The second-order valence-corrected chi connectivity index (χ2v) is 38.4. The predicted octanol–water partition coefficient (Wildman–Crippen LogP) is 18.4. The third-order valence-electron chi connectivity index (χ3n) is 15.2. The first-order chi connectivity index (χ1) is 52.5. The molecule has 0 N–H and O–H groups in total. The van der Waals surface area contributed by atoms with Crippen LogP contribution >= 0.6 is 0 Å². The van der Waals surface area contributed by atoms with E-state index in [1.165, 1.54) is 14.2 Å². The number of methoxy groups -OCH3 is 6. The number of carbonyl (C=O) groups excluding carboxylic acids is 10. The molecular weight excluding hydrogens is 1490 g/mol. The Morgan fingerprint density at radius 1 is 0.233 bits per heavy atom. The highest BCUT2D eigenvalue weighted by Gasteiger charge is 2.31. The fourth-order valence-electron chi connectivity index (χ4n) is 7.64. The van der Waals surface area contributed by atoms with Gasteiger partial charge in [-0.1, -0.05) is 208 Å². The summed E-state index contributed by atoms with van der Waals surface area (Å²) in [6.07, 6.45) is 4.40. The summed E-state index contributed by atoms with van der Waals surface area (Å²) in [4.78, 5) is 113. The maximum Gasteiger partial charge on any atom is 0.310 e. The van der Waals surface area contributed by atoms with Crippen LogP contribution in [0.1, 0.15) is 302 Å². The summed E-state index contributed by atoms with van der Waals surface area (Å²) >= 11 is 0. The predicted molar refractivity (Wildman–Crippen MR) is 471 cm³/mol. The Morgan fingerprint density at radius 2 is 0.457 bits per heavy atom. The van der Waals surface area contributed by atoms with Crippen LogP contribution in [0.15, 0.2) is 0 Å². The quantitative estimate of drug-likeness (QED) is 0.0406. The Hall–Kier alpha value is -4.18. The van der Waals surface area contributed by atoms with Crippen molar-refractivity contribution in [3.63, 3.8) is 0 Å². The molecule has 0 fully saturated rings. The summed E-state index contributed by atoms with van der Waals surface area (Å²) < 4.78 is 70.1. The molecule has 0 aliphatic heterocycles. The van der Waals surface area contributed by atoms with Crippen molar-refractivity contribution in [3.05, 3.63) is 0 Å². The van der Waals surface area contributed by atoms with E-state index in [1.54, 1.807) is 35.4 Å². The molecule has 0 bridgehead atoms. The summed E-state index contributed by atoms with van der Waals surface area (Å²) in [5.41, 5.74) is -2.84. The lowest BCUT2D eigenvalue weighted by molar-refractivity contribution is -0.150. The fourth-order valence-corrected chi connectivity index (χ4v) is 7.64. The SMILES string of the molecule is CCCOC(C)C(=O)C(C)(C)C.CCCOCC(=O)C(C)(C)C.CCCOCC(C)C(=O)C(C)(C)C.CCCOCCC(=O)C(C)(C)C.COC(=O)C(C)(C)C.COC(=O)C(C)(C)C.COCCOC(C)C(=O)C(C)(C)C.COCCOCC(=O)C(C)(C)C.COCCOCC(C)C(=O)C(C)(C)C.COCCOCCC(=O)C(C)(C)C. The maximum absolute atomic E-state index is 11.7. The molecule has 24 heteroatoms. The van der Waals surface area contributed by atoms with E-state index in [-0.39, 0.29) is 150 Å². The highest BCUT2D eigenvalue weighted by Crippen LogP contribution is 2.24. The normalized spacial score (nSPS) is 12.7. The zero-order valence-electron chi connectivity index (χ0n) is 83.1. The number of rotatable bonds is 40. The number of ketones is 8. The molecule has 4 atom stereocenters. The Morgan fingerprint density at radius 3 is 0.698 bits per heavy atom. The van der Waals surface area contributed by atoms with Gasteiger partial charge in [-0.2, -0.15) is 0 Å². The summed E-state index contributed by atoms with van der Waals surface area (Å²) in [7, 11) is 9.27. The maximum atomic E-state index is 11.7. The van der Waals surface area contributed by atoms with E-state index in [0.717, 1.165) is 38.9 Å². The first kappa shape index (κ1) is 132. The minimum absolute atomic E-state index is 0.0200. The van der Waals surface area contributed by atoms with Crippen molar-refractivity contribution in [2.24, 2.45) is 66.0 Å². The van der Waals surface area contributed by atoms with Crippen LogP contribution in [0.4, 0.5) is 0 Å². The van der Waals surface area contributed by atoms with Crippen LogP contribution in [-0.2, 0) is 114 Å². The fraction of sp³-hybridized carbons (Fsp3) is 0.891. The monoisotopic (exact) mass is 1670 g/mol. The Bertz CT molecular complexity index is 2370. The van der Waals surface area contributed by atoms with E-state index in [2.05, 4.69) is 23.3 Å². The molecule has 0 spiro atoms. The van der Waals surface area contributed by atoms with E-state index >= 15 is 0 Å². The van der Waals surface area contributed by atoms with Gasteiger partial charge in [0.05, 0.1) is 104 Å². The third kappa shape index (κ3) is 90.6. The van der Waals surface area contributed by atoms with Gasteiger partial charge in [0.25, 0.3) is 0 Å². The van der Waals surface area contributed by atoms with Crippen molar-refractivity contribution in [2.45, 2.75) is 314 Å². The topological polar surface area (TPSA) is 300 Å². The largest absolute Gasteiger partial charge is 0.469 e. The molecule has 0 amide bonds. The van der Waals surface area contributed by atoms with Gasteiger partial charge in [0.2, 0.25) is 0 Å². The van der Waals surface area contributed by atoms with E-state index in [0.29, 0.717) is 105 Å². The van der Waals surface area contributed by atoms with Gasteiger partial charge in [-0.3, -0.25) is 47.9 Å². The molecule has 0 saturated heterocycles. The smallest absolute Gasteiger partial charge is 0.310 e. The van der Waals surface area contributed by atoms with Crippen LogP contribution in [0, 0.1) is 66.0 Å². The minimum Gasteiger partial charge on any atom is -0.469 e. The molecule has 0 aliphatic rings. The van der Waals surface area contributed by atoms with Gasteiger partial charge in [0.15, 0.2) is 23.1 Å². The zero-order valence-corrected chi connectivity index (χ0v) is 83.1. The van der Waals surface area contributed by atoms with Crippen molar-refractivity contribution in [1.82, 2.24) is 0 Å². The Kier molecular flexibility index (Phi) is 82.7. The lowest BCUT2D eigenvalue weighted by atomic mass is 9.84. The van der Waals surface area contributed by atoms with Gasteiger partial charge in [0.1, 0.15) is 48.6 Å². The molecule has 4 unspecified atom stereocenters. The average molecular weight is 1670 g/mol. The van der Waals surface area contributed by atoms with Crippen molar-refractivity contribution >= 4 is 58.2 Å². The molecule has 696 valence electrons. The van der Waals surface area contributed by atoms with E-state index in [4.69, 9.17) is 56.8 Å². The molecule has 0 saturated carbocycles. The van der Waals surface area contributed by atoms with Crippen LogP contribution in [0.2, 0.25) is 0 Å². The zero-order chi connectivity index (χ0) is 94.0. The highest BCUT2D eigenvalue weighted by molar-refractivity contribution is 5.89. The molecule has 0 heterocycles. The van der Waals surface area contributed by atoms with Crippen LogP contribution in [-0.4, -0.2) is 232 Å². The molecular formula is C92H184O24. The van der Waals surface area contributed by atoms with Crippen molar-refractivity contribution in [3.8, 4) is 0 Å². The van der Waals surface area contributed by atoms with Gasteiger partial charge in [0, 0.05) is 123 Å². The van der Waals surface area contributed by atoms with Crippen LogP contribution in [0.25, 0.3) is 0 Å². The average Bonchev–Trinajstić information content (AvgIpc) is 0.891. The summed E-state index contributed by atoms with van der Waals surface area (Å²) in [6.45, 7) is 82.3. The highest BCUT2D eigenvalue weighted by atomic mass is 16.5. The molecule has 0 rings (SSSR count). The van der Waals surface area contributed by atoms with Crippen LogP contribution in [0.5, 0.6) is 0 Å². The number of carbonyl (C=O) groups is 10. The first-order valence-electron chi connectivity index (χ1n) is 41.6. The third-order valence-corrected chi connectivity index (χ3v) is 15.2. The molecule has 116 heavy (non-hydrogen) atoms. The van der Waals surface area contributed by atoms with Crippen molar-refractivity contribution in [2.75, 3.05) is 162 Å². The first-order valence-corrected chi connectivity index (χ1v) is 41.6. The molecule has 24 nitrogen and oxygen atoms in total. The van der Waals surface area contributed by atoms with E-state index < -0.39 is 0 Å². The second-order valence-electron chi connectivity index (χ2n) is 38.4. The number of ether oxygens (including phenoxy) is 14. The lowest BCUT2D eigenvalue weighted by Crippen LogP contribution is -2.33. The van der Waals surface area contributed by atoms with Gasteiger partial charge >= 0.3 is 11.9 Å². The van der Waals surface area contributed by atoms with Gasteiger partial charge in [-0.25, -0.2) is 0 Å². The number of hydrogen-bond donors (Lipinski definition) is 0. The molecule has 0 aliphatic carbocycles. The van der Waals surface area contributed by atoms with E-state index in [1.807, 2.05) is 242 Å². The van der Waals surface area contributed by atoms with E-state index in [9.17, 15) is 47.9 Å². The number of esters is 2.